The molecule has 0 aliphatic heterocycles. The maximum atomic E-state index is 6.49. The summed E-state index contributed by atoms with van der Waals surface area (Å²) in [5.74, 6) is 0.550. The molecule has 0 spiro atoms. The Labute approximate surface area is 133 Å². The van der Waals surface area contributed by atoms with E-state index in [0.29, 0.717) is 5.92 Å². The van der Waals surface area contributed by atoms with Gasteiger partial charge in [0.2, 0.25) is 0 Å². The highest BCUT2D eigenvalue weighted by atomic mass is 28.4. The minimum atomic E-state index is -1.66. The second-order valence-electron chi connectivity index (χ2n) is 8.82. The van der Waals surface area contributed by atoms with Gasteiger partial charge in [0, 0.05) is 6.61 Å². The molecule has 1 nitrogen and oxygen atoms in total. The first-order valence-corrected chi connectivity index (χ1v) is 11.0. The van der Waals surface area contributed by atoms with Crippen molar-refractivity contribution < 1.29 is 4.43 Å². The average molecular weight is 307 g/mol. The minimum Gasteiger partial charge on any atom is -0.417 e. The molecular formula is C19H34OSi. The van der Waals surface area contributed by atoms with Crippen molar-refractivity contribution in [3.8, 4) is 0 Å². The molecule has 1 aromatic carbocycles. The quantitative estimate of drug-likeness (QED) is 0.614. The first kappa shape index (κ1) is 18.4. The Morgan fingerprint density at radius 2 is 1.48 bits per heavy atom. The molecule has 0 aliphatic rings. The van der Waals surface area contributed by atoms with Crippen LogP contribution >= 0.6 is 0 Å². The monoisotopic (exact) mass is 306 g/mol. The third-order valence-corrected chi connectivity index (χ3v) is 9.50. The highest BCUT2D eigenvalue weighted by molar-refractivity contribution is 6.74. The molecule has 1 atom stereocenters. The van der Waals surface area contributed by atoms with Crippen molar-refractivity contribution in [2.24, 2.45) is 11.3 Å². The van der Waals surface area contributed by atoms with Crippen molar-refractivity contribution in [2.45, 2.75) is 66.1 Å². The van der Waals surface area contributed by atoms with Gasteiger partial charge in [0.15, 0.2) is 8.32 Å². The van der Waals surface area contributed by atoms with Crippen molar-refractivity contribution >= 4 is 8.32 Å². The van der Waals surface area contributed by atoms with E-state index < -0.39 is 8.32 Å². The minimum absolute atomic E-state index is 0.262. The van der Waals surface area contributed by atoms with E-state index in [9.17, 15) is 0 Å². The Balaban J connectivity index is 2.77. The van der Waals surface area contributed by atoms with Crippen molar-refractivity contribution in [2.75, 3.05) is 6.61 Å². The fraction of sp³-hybridized carbons (Fsp3) is 0.684. The molecule has 0 heterocycles. The van der Waals surface area contributed by atoms with Crippen molar-refractivity contribution in [3.63, 3.8) is 0 Å². The lowest BCUT2D eigenvalue weighted by Crippen LogP contribution is -2.43. The Hall–Kier alpha value is -0.603. The molecule has 0 radical (unpaired) electrons. The van der Waals surface area contributed by atoms with Gasteiger partial charge in [-0.3, -0.25) is 0 Å². The summed E-state index contributed by atoms with van der Waals surface area (Å²) in [5, 5.41) is 0.280. The molecule has 21 heavy (non-hydrogen) atoms. The zero-order valence-electron chi connectivity index (χ0n) is 15.3. The van der Waals surface area contributed by atoms with Crippen LogP contribution in [0.2, 0.25) is 18.1 Å². The van der Waals surface area contributed by atoms with Crippen LogP contribution in [0, 0.1) is 11.3 Å². The Morgan fingerprint density at radius 1 is 0.952 bits per heavy atom. The van der Waals surface area contributed by atoms with E-state index >= 15 is 0 Å². The van der Waals surface area contributed by atoms with E-state index in [-0.39, 0.29) is 10.5 Å². The fourth-order valence-electron chi connectivity index (χ4n) is 2.04. The largest absolute Gasteiger partial charge is 0.417 e. The molecule has 0 aromatic heterocycles. The normalized spacial score (nSPS) is 15.0. The molecule has 0 aliphatic carbocycles. The fourth-order valence-corrected chi connectivity index (χ4v) is 3.09. The van der Waals surface area contributed by atoms with E-state index in [2.05, 4.69) is 85.0 Å². The van der Waals surface area contributed by atoms with Gasteiger partial charge >= 0.3 is 0 Å². The molecule has 0 fully saturated rings. The first-order chi connectivity index (χ1) is 9.43. The Kier molecular flexibility index (Phi) is 5.85. The zero-order chi connectivity index (χ0) is 16.3. The first-order valence-electron chi connectivity index (χ1n) is 8.11. The molecule has 0 amide bonds. The van der Waals surface area contributed by atoms with Crippen LogP contribution in [0.15, 0.2) is 30.3 Å². The Morgan fingerprint density at radius 3 is 1.90 bits per heavy atom. The molecular weight excluding hydrogens is 272 g/mol. The van der Waals surface area contributed by atoms with Gasteiger partial charge in [0.25, 0.3) is 0 Å². The van der Waals surface area contributed by atoms with Crippen molar-refractivity contribution in [1.82, 2.24) is 0 Å². The lowest BCUT2D eigenvalue weighted by Gasteiger charge is -2.39. The summed E-state index contributed by atoms with van der Waals surface area (Å²) >= 11 is 0. The van der Waals surface area contributed by atoms with E-state index in [4.69, 9.17) is 4.43 Å². The van der Waals surface area contributed by atoms with Crippen molar-refractivity contribution in [1.29, 1.82) is 0 Å². The molecule has 0 saturated carbocycles. The van der Waals surface area contributed by atoms with Gasteiger partial charge in [0.1, 0.15) is 0 Å². The summed E-state index contributed by atoms with van der Waals surface area (Å²) in [6.45, 7) is 19.5. The van der Waals surface area contributed by atoms with E-state index in [1.807, 2.05) is 0 Å². The average Bonchev–Trinajstić information content (AvgIpc) is 2.33. The zero-order valence-corrected chi connectivity index (χ0v) is 16.3. The molecule has 1 aromatic rings. The summed E-state index contributed by atoms with van der Waals surface area (Å²) in [4.78, 5) is 0. The van der Waals surface area contributed by atoms with Gasteiger partial charge < -0.3 is 4.43 Å². The summed E-state index contributed by atoms with van der Waals surface area (Å²) in [6.07, 6.45) is 1.10. The molecule has 0 saturated heterocycles. The number of benzene rings is 1. The highest BCUT2D eigenvalue weighted by Gasteiger charge is 2.38. The predicted molar refractivity (Wildman–Crippen MR) is 96.2 cm³/mol. The molecule has 120 valence electrons. The van der Waals surface area contributed by atoms with Crippen LogP contribution in [-0.4, -0.2) is 14.9 Å². The third kappa shape index (κ3) is 5.59. The lowest BCUT2D eigenvalue weighted by atomic mass is 9.78. The predicted octanol–water partition coefficient (Wildman–Crippen LogP) is 5.91. The maximum absolute atomic E-state index is 6.49. The van der Waals surface area contributed by atoms with Crippen LogP contribution in [-0.2, 0) is 10.8 Å². The highest BCUT2D eigenvalue weighted by Crippen LogP contribution is 2.38. The van der Waals surface area contributed by atoms with Crippen LogP contribution in [0.4, 0.5) is 0 Å². The number of hydrogen-bond acceptors (Lipinski definition) is 1. The molecule has 1 rings (SSSR count). The topological polar surface area (TPSA) is 9.23 Å². The van der Waals surface area contributed by atoms with E-state index in [0.717, 1.165) is 13.0 Å². The Bertz CT molecular complexity index is 423. The van der Waals surface area contributed by atoms with Crippen LogP contribution in [0.25, 0.3) is 0 Å². The molecule has 2 heteroatoms. The SMILES string of the molecule is CC(C)(C)C(CO[Si](C)(C)C(C)(C)C)Cc1ccccc1. The summed E-state index contributed by atoms with van der Waals surface area (Å²) in [5.41, 5.74) is 1.68. The molecule has 1 unspecified atom stereocenters. The van der Waals surface area contributed by atoms with Crippen LogP contribution in [0.3, 0.4) is 0 Å². The third-order valence-electron chi connectivity index (χ3n) is 5.00. The summed E-state index contributed by atoms with van der Waals surface area (Å²) in [6, 6.07) is 10.8. The van der Waals surface area contributed by atoms with Gasteiger partial charge in [-0.2, -0.15) is 0 Å². The summed E-state index contributed by atoms with van der Waals surface area (Å²) in [7, 11) is -1.66. The van der Waals surface area contributed by atoms with Gasteiger partial charge in [-0.1, -0.05) is 71.9 Å². The smallest absolute Gasteiger partial charge is 0.191 e. The van der Waals surface area contributed by atoms with Gasteiger partial charge in [-0.05, 0) is 41.4 Å². The number of hydrogen-bond donors (Lipinski definition) is 0. The second-order valence-corrected chi connectivity index (χ2v) is 13.6. The van der Waals surface area contributed by atoms with Crippen molar-refractivity contribution in [3.05, 3.63) is 35.9 Å². The van der Waals surface area contributed by atoms with Crippen LogP contribution < -0.4 is 0 Å². The maximum Gasteiger partial charge on any atom is 0.191 e. The molecule has 0 N–H and O–H groups in total. The van der Waals surface area contributed by atoms with E-state index in [1.165, 1.54) is 5.56 Å². The lowest BCUT2D eigenvalue weighted by molar-refractivity contribution is 0.135. The van der Waals surface area contributed by atoms with Crippen LogP contribution in [0.1, 0.15) is 47.1 Å². The second kappa shape index (κ2) is 6.66. The summed E-state index contributed by atoms with van der Waals surface area (Å²) < 4.78 is 6.49. The van der Waals surface area contributed by atoms with E-state index in [1.54, 1.807) is 0 Å². The van der Waals surface area contributed by atoms with Crippen LogP contribution in [0.5, 0.6) is 0 Å². The number of rotatable bonds is 5. The van der Waals surface area contributed by atoms with Gasteiger partial charge in [-0.25, -0.2) is 0 Å². The standard InChI is InChI=1S/C19H34OSi/c1-18(2,3)17(14-16-12-10-9-11-13-16)15-20-21(7,8)19(4,5)6/h9-13,17H,14-15H2,1-8H3. The van der Waals surface area contributed by atoms with Gasteiger partial charge in [0.05, 0.1) is 0 Å². The molecule has 0 bridgehead atoms. The van der Waals surface area contributed by atoms with Gasteiger partial charge in [-0.15, -0.1) is 0 Å².